The zero-order valence-corrected chi connectivity index (χ0v) is 14.2. The predicted molar refractivity (Wildman–Crippen MR) is 88.4 cm³/mol. The van der Waals surface area contributed by atoms with E-state index in [1.165, 1.54) is 23.5 Å². The molecule has 8 nitrogen and oxygen atoms in total. The predicted octanol–water partition coefficient (Wildman–Crippen LogP) is 2.06. The maximum absolute atomic E-state index is 12.0. The Morgan fingerprint density at radius 1 is 1.22 bits per heavy atom. The molecule has 0 aromatic carbocycles. The van der Waals surface area contributed by atoms with Gasteiger partial charge in [0.15, 0.2) is 0 Å². The second-order valence-electron chi connectivity index (χ2n) is 4.75. The third-order valence-electron chi connectivity index (χ3n) is 2.96. The van der Waals surface area contributed by atoms with Crippen LogP contribution < -0.4 is 10.0 Å². The van der Waals surface area contributed by atoms with E-state index >= 15 is 0 Å². The third-order valence-corrected chi connectivity index (χ3v) is 5.91. The van der Waals surface area contributed by atoms with Crippen LogP contribution in [-0.2, 0) is 10.0 Å². The molecule has 124 valence electrons. The van der Waals surface area contributed by atoms with Crippen LogP contribution in [0.4, 0.5) is 11.5 Å². The van der Waals surface area contributed by atoms with Gasteiger partial charge in [-0.3, -0.25) is 10.1 Å². The van der Waals surface area contributed by atoms with Gasteiger partial charge in [-0.05, 0) is 32.0 Å². The van der Waals surface area contributed by atoms with Crippen LogP contribution in [0.25, 0.3) is 0 Å². The highest BCUT2D eigenvalue weighted by Crippen LogP contribution is 2.20. The number of nitro groups is 1. The Kier molecular flexibility index (Phi) is 5.29. The number of rotatable bonds is 7. The molecule has 2 rings (SSSR count). The largest absolute Gasteiger partial charge is 0.369 e. The van der Waals surface area contributed by atoms with Gasteiger partial charge in [0.2, 0.25) is 10.0 Å². The molecular formula is C13H16N4O4S2. The first-order valence-electron chi connectivity index (χ1n) is 6.71. The minimum atomic E-state index is -3.50. The number of nitrogens with one attached hydrogen (secondary N) is 2. The first kappa shape index (κ1) is 17.3. The summed E-state index contributed by atoms with van der Waals surface area (Å²) in [4.78, 5) is 15.2. The van der Waals surface area contributed by atoms with E-state index in [0.29, 0.717) is 18.1 Å². The van der Waals surface area contributed by atoms with Crippen molar-refractivity contribution >= 4 is 32.9 Å². The lowest BCUT2D eigenvalue weighted by Gasteiger charge is -2.08. The molecule has 0 aliphatic carbocycles. The van der Waals surface area contributed by atoms with E-state index in [1.807, 2.05) is 6.92 Å². The summed E-state index contributed by atoms with van der Waals surface area (Å²) in [6, 6.07) is 6.17. The SMILES string of the molecule is Cc1ccc(S(=O)(=O)NCCNc2ccc([N+](=O)[O-])c(C)n2)s1. The molecule has 0 aliphatic rings. The second kappa shape index (κ2) is 7.02. The second-order valence-corrected chi connectivity index (χ2v) is 8.03. The van der Waals surface area contributed by atoms with E-state index in [2.05, 4.69) is 15.0 Å². The Balaban J connectivity index is 1.88. The molecular weight excluding hydrogens is 340 g/mol. The number of pyridine rings is 1. The number of hydrogen-bond acceptors (Lipinski definition) is 7. The van der Waals surface area contributed by atoms with Crippen molar-refractivity contribution in [3.63, 3.8) is 0 Å². The fourth-order valence-electron chi connectivity index (χ4n) is 1.85. The minimum Gasteiger partial charge on any atom is -0.369 e. The molecule has 0 bridgehead atoms. The first-order chi connectivity index (χ1) is 10.8. The normalized spacial score (nSPS) is 11.4. The number of aryl methyl sites for hydroxylation is 2. The average Bonchev–Trinajstić information content (AvgIpc) is 2.91. The van der Waals surface area contributed by atoms with Crippen molar-refractivity contribution < 1.29 is 13.3 Å². The van der Waals surface area contributed by atoms with Crippen LogP contribution >= 0.6 is 11.3 Å². The molecule has 0 aliphatic heterocycles. The Labute approximate surface area is 137 Å². The van der Waals surface area contributed by atoms with Crippen molar-refractivity contribution in [2.75, 3.05) is 18.4 Å². The topological polar surface area (TPSA) is 114 Å². The number of hydrogen-bond donors (Lipinski definition) is 2. The van der Waals surface area contributed by atoms with Crippen LogP contribution in [-0.4, -0.2) is 31.4 Å². The quantitative estimate of drug-likeness (QED) is 0.446. The van der Waals surface area contributed by atoms with Gasteiger partial charge in [0, 0.05) is 24.0 Å². The summed E-state index contributed by atoms with van der Waals surface area (Å²) in [7, 11) is -3.50. The zero-order valence-electron chi connectivity index (χ0n) is 12.6. The van der Waals surface area contributed by atoms with Crippen molar-refractivity contribution in [2.45, 2.75) is 18.1 Å². The van der Waals surface area contributed by atoms with Gasteiger partial charge in [-0.25, -0.2) is 18.1 Å². The summed E-state index contributed by atoms with van der Waals surface area (Å²) in [5.74, 6) is 0.458. The molecule has 0 fully saturated rings. The van der Waals surface area contributed by atoms with Crippen molar-refractivity contribution in [1.29, 1.82) is 0 Å². The average molecular weight is 356 g/mol. The highest BCUT2D eigenvalue weighted by Gasteiger charge is 2.15. The van der Waals surface area contributed by atoms with Crippen LogP contribution in [0.1, 0.15) is 10.6 Å². The summed E-state index contributed by atoms with van der Waals surface area (Å²) in [5.41, 5.74) is 0.249. The van der Waals surface area contributed by atoms with Crippen LogP contribution in [0, 0.1) is 24.0 Å². The van der Waals surface area contributed by atoms with E-state index in [0.717, 1.165) is 4.88 Å². The monoisotopic (exact) mass is 356 g/mol. The van der Waals surface area contributed by atoms with Gasteiger partial charge in [0.25, 0.3) is 5.69 Å². The third kappa shape index (κ3) is 4.47. The smallest absolute Gasteiger partial charge is 0.290 e. The summed E-state index contributed by atoms with van der Waals surface area (Å²) in [6.07, 6.45) is 0. The lowest BCUT2D eigenvalue weighted by molar-refractivity contribution is -0.385. The summed E-state index contributed by atoms with van der Waals surface area (Å²) in [5, 5.41) is 13.6. The van der Waals surface area contributed by atoms with Crippen LogP contribution in [0.5, 0.6) is 0 Å². The van der Waals surface area contributed by atoms with Gasteiger partial charge in [0.05, 0.1) is 4.92 Å². The fraction of sp³-hybridized carbons (Fsp3) is 0.308. The fourth-order valence-corrected chi connectivity index (χ4v) is 4.21. The van der Waals surface area contributed by atoms with Crippen LogP contribution in [0.2, 0.25) is 0 Å². The van der Waals surface area contributed by atoms with Gasteiger partial charge in [0.1, 0.15) is 15.7 Å². The van der Waals surface area contributed by atoms with E-state index in [-0.39, 0.29) is 16.4 Å². The van der Waals surface area contributed by atoms with E-state index in [1.54, 1.807) is 19.1 Å². The molecule has 0 atom stereocenters. The Bertz CT molecular complexity index is 817. The molecule has 0 radical (unpaired) electrons. The summed E-state index contributed by atoms with van der Waals surface area (Å²) < 4.78 is 26.8. The molecule has 0 saturated carbocycles. The number of nitrogens with zero attached hydrogens (tertiary/aromatic N) is 2. The zero-order chi connectivity index (χ0) is 17.0. The minimum absolute atomic E-state index is 0.0516. The van der Waals surface area contributed by atoms with Crippen LogP contribution in [0.15, 0.2) is 28.5 Å². The first-order valence-corrected chi connectivity index (χ1v) is 9.01. The standard InChI is InChI=1S/C13H16N4O4S2/c1-9-3-6-13(22-9)23(20,21)15-8-7-14-12-5-4-11(17(18)19)10(2)16-12/h3-6,15H,7-8H2,1-2H3,(H,14,16). The Morgan fingerprint density at radius 2 is 1.96 bits per heavy atom. The van der Waals surface area contributed by atoms with E-state index < -0.39 is 14.9 Å². The Morgan fingerprint density at radius 3 is 2.52 bits per heavy atom. The molecule has 10 heteroatoms. The van der Waals surface area contributed by atoms with Crippen molar-refractivity contribution in [1.82, 2.24) is 9.71 Å². The van der Waals surface area contributed by atoms with Crippen LogP contribution in [0.3, 0.4) is 0 Å². The lowest BCUT2D eigenvalue weighted by atomic mass is 10.3. The molecule has 2 aromatic heterocycles. The van der Waals surface area contributed by atoms with Gasteiger partial charge in [-0.15, -0.1) is 11.3 Å². The van der Waals surface area contributed by atoms with Gasteiger partial charge < -0.3 is 5.32 Å². The van der Waals surface area contributed by atoms with Gasteiger partial charge in [-0.1, -0.05) is 0 Å². The molecule has 2 N–H and O–H groups in total. The van der Waals surface area contributed by atoms with Crippen molar-refractivity contribution in [3.05, 3.63) is 45.0 Å². The number of anilines is 1. The summed E-state index contributed by atoms with van der Waals surface area (Å²) in [6.45, 7) is 3.88. The maximum Gasteiger partial charge on any atom is 0.290 e. The molecule has 2 heterocycles. The Hall–Kier alpha value is -2.04. The molecule has 0 saturated heterocycles. The van der Waals surface area contributed by atoms with E-state index in [4.69, 9.17) is 0 Å². The van der Waals surface area contributed by atoms with Crippen molar-refractivity contribution in [3.8, 4) is 0 Å². The molecule has 0 spiro atoms. The lowest BCUT2D eigenvalue weighted by Crippen LogP contribution is -2.28. The summed E-state index contributed by atoms with van der Waals surface area (Å²) >= 11 is 1.21. The number of sulfonamides is 1. The van der Waals surface area contributed by atoms with Crippen molar-refractivity contribution in [2.24, 2.45) is 0 Å². The maximum atomic E-state index is 12.0. The molecule has 0 amide bonds. The van der Waals surface area contributed by atoms with Gasteiger partial charge in [-0.2, -0.15) is 0 Å². The molecule has 0 unspecified atom stereocenters. The molecule has 2 aromatic rings. The molecule has 23 heavy (non-hydrogen) atoms. The van der Waals surface area contributed by atoms with E-state index in [9.17, 15) is 18.5 Å². The highest BCUT2D eigenvalue weighted by molar-refractivity contribution is 7.91. The number of thiophene rings is 1. The number of aromatic nitrogens is 1. The highest BCUT2D eigenvalue weighted by atomic mass is 32.2. The van der Waals surface area contributed by atoms with Gasteiger partial charge >= 0.3 is 0 Å².